The zero-order chi connectivity index (χ0) is 19.5. The van der Waals surface area contributed by atoms with Crippen molar-refractivity contribution < 1.29 is 18.1 Å². The molecule has 1 aromatic rings. The summed E-state index contributed by atoms with van der Waals surface area (Å²) in [6.45, 7) is 3.67. The summed E-state index contributed by atoms with van der Waals surface area (Å²) in [5, 5.41) is 11.4. The Hall–Kier alpha value is -1.91. The standard InChI is InChI=1S/C16H24N4O5S.ClH/c1-12(17)3-6-16(21)19-9-7-18(8-10-19)14-5-4-13(26(2,24)25)11-15(14)20(22)23;/h4-5,11-12H,3,6-10,17H2,1-2H3;1H. The molecule has 1 aliphatic heterocycles. The molecule has 1 amide bonds. The molecule has 1 saturated heterocycles. The predicted octanol–water partition coefficient (Wildman–Crippen LogP) is 1.20. The van der Waals surface area contributed by atoms with Crippen LogP contribution in [-0.2, 0) is 14.6 Å². The van der Waals surface area contributed by atoms with E-state index in [-0.39, 0.29) is 34.9 Å². The van der Waals surface area contributed by atoms with Gasteiger partial charge in [0.05, 0.1) is 9.82 Å². The van der Waals surface area contributed by atoms with Crippen molar-refractivity contribution in [2.24, 2.45) is 5.73 Å². The number of nitrogens with zero attached hydrogens (tertiary/aromatic N) is 3. The van der Waals surface area contributed by atoms with E-state index in [4.69, 9.17) is 5.73 Å². The third-order valence-electron chi connectivity index (χ3n) is 4.36. The molecular formula is C16H25ClN4O5S. The molecule has 0 saturated carbocycles. The summed E-state index contributed by atoms with van der Waals surface area (Å²) in [6.07, 6.45) is 2.02. The molecule has 0 aromatic heterocycles. The van der Waals surface area contributed by atoms with Gasteiger partial charge in [0, 0.05) is 51.0 Å². The third-order valence-corrected chi connectivity index (χ3v) is 5.47. The Morgan fingerprint density at radius 3 is 2.37 bits per heavy atom. The van der Waals surface area contributed by atoms with Crippen LogP contribution in [0.5, 0.6) is 0 Å². The number of halogens is 1. The zero-order valence-corrected chi connectivity index (χ0v) is 17.0. The van der Waals surface area contributed by atoms with Crippen LogP contribution in [0.25, 0.3) is 0 Å². The number of rotatable bonds is 6. The Morgan fingerprint density at radius 2 is 1.89 bits per heavy atom. The lowest BCUT2D eigenvalue weighted by atomic mass is 10.1. The molecule has 1 atom stereocenters. The Bertz CT molecular complexity index is 792. The van der Waals surface area contributed by atoms with E-state index in [0.29, 0.717) is 44.7 Å². The number of anilines is 1. The van der Waals surface area contributed by atoms with Crippen LogP contribution in [0.15, 0.2) is 23.1 Å². The van der Waals surface area contributed by atoms with Crippen molar-refractivity contribution in [3.63, 3.8) is 0 Å². The first-order valence-electron chi connectivity index (χ1n) is 8.36. The Balaban J connectivity index is 0.00000364. The van der Waals surface area contributed by atoms with Crippen LogP contribution in [0.2, 0.25) is 0 Å². The van der Waals surface area contributed by atoms with E-state index in [1.54, 1.807) is 9.80 Å². The first-order chi connectivity index (χ1) is 12.1. The Morgan fingerprint density at radius 1 is 1.30 bits per heavy atom. The molecule has 0 spiro atoms. The lowest BCUT2D eigenvalue weighted by Crippen LogP contribution is -2.49. The van der Waals surface area contributed by atoms with E-state index in [2.05, 4.69) is 0 Å². The summed E-state index contributed by atoms with van der Waals surface area (Å²) in [5.74, 6) is 0.0314. The first kappa shape index (κ1) is 23.1. The van der Waals surface area contributed by atoms with E-state index in [1.807, 2.05) is 6.92 Å². The molecule has 27 heavy (non-hydrogen) atoms. The number of sulfone groups is 1. The van der Waals surface area contributed by atoms with Gasteiger partial charge in [0.1, 0.15) is 5.69 Å². The molecule has 1 heterocycles. The van der Waals surface area contributed by atoms with Crippen molar-refractivity contribution in [1.82, 2.24) is 4.90 Å². The van der Waals surface area contributed by atoms with Gasteiger partial charge in [-0.1, -0.05) is 0 Å². The number of amides is 1. The number of nitro benzene ring substituents is 1. The lowest BCUT2D eigenvalue weighted by molar-refractivity contribution is -0.384. The summed E-state index contributed by atoms with van der Waals surface area (Å²) < 4.78 is 23.3. The quantitative estimate of drug-likeness (QED) is 0.540. The van der Waals surface area contributed by atoms with Gasteiger partial charge in [-0.25, -0.2) is 8.42 Å². The highest BCUT2D eigenvalue weighted by molar-refractivity contribution is 7.90. The average molecular weight is 421 g/mol. The van der Waals surface area contributed by atoms with Gasteiger partial charge >= 0.3 is 0 Å². The molecule has 152 valence electrons. The van der Waals surface area contributed by atoms with E-state index >= 15 is 0 Å². The second-order valence-electron chi connectivity index (χ2n) is 6.56. The largest absolute Gasteiger partial charge is 0.362 e. The normalized spacial score (nSPS) is 15.8. The number of benzene rings is 1. The minimum Gasteiger partial charge on any atom is -0.362 e. The van der Waals surface area contributed by atoms with Gasteiger partial charge in [-0.3, -0.25) is 14.9 Å². The van der Waals surface area contributed by atoms with Crippen molar-refractivity contribution in [3.05, 3.63) is 28.3 Å². The van der Waals surface area contributed by atoms with Crippen LogP contribution in [0, 0.1) is 10.1 Å². The number of nitro groups is 1. The van der Waals surface area contributed by atoms with Gasteiger partial charge in [0.25, 0.3) is 5.69 Å². The predicted molar refractivity (Wildman–Crippen MR) is 105 cm³/mol. The SMILES string of the molecule is CC(N)CCC(=O)N1CCN(c2ccc(S(C)(=O)=O)cc2[N+](=O)[O-])CC1.Cl. The van der Waals surface area contributed by atoms with Gasteiger partial charge in [0.2, 0.25) is 5.91 Å². The smallest absolute Gasteiger partial charge is 0.293 e. The fourth-order valence-corrected chi connectivity index (χ4v) is 3.49. The maximum Gasteiger partial charge on any atom is 0.293 e. The van der Waals surface area contributed by atoms with Crippen molar-refractivity contribution >= 4 is 39.5 Å². The zero-order valence-electron chi connectivity index (χ0n) is 15.3. The summed E-state index contributed by atoms with van der Waals surface area (Å²) >= 11 is 0. The number of piperazine rings is 1. The maximum absolute atomic E-state index is 12.2. The monoisotopic (exact) mass is 420 g/mol. The van der Waals surface area contributed by atoms with Crippen LogP contribution in [0.1, 0.15) is 19.8 Å². The number of carbonyl (C=O) groups is 1. The molecule has 1 aromatic carbocycles. The topological polar surface area (TPSA) is 127 Å². The summed E-state index contributed by atoms with van der Waals surface area (Å²) in [4.78, 5) is 26.4. The Labute approximate surface area is 165 Å². The van der Waals surface area contributed by atoms with E-state index in [0.717, 1.165) is 12.3 Å². The van der Waals surface area contributed by atoms with Gasteiger partial charge in [-0.2, -0.15) is 0 Å². The van der Waals surface area contributed by atoms with Crippen LogP contribution < -0.4 is 10.6 Å². The van der Waals surface area contributed by atoms with E-state index < -0.39 is 14.8 Å². The van der Waals surface area contributed by atoms with Crippen LogP contribution in [0.3, 0.4) is 0 Å². The van der Waals surface area contributed by atoms with Gasteiger partial charge < -0.3 is 15.5 Å². The minimum atomic E-state index is -3.53. The molecule has 2 N–H and O–H groups in total. The van der Waals surface area contributed by atoms with Gasteiger partial charge in [-0.15, -0.1) is 12.4 Å². The number of hydrogen-bond acceptors (Lipinski definition) is 7. The highest BCUT2D eigenvalue weighted by atomic mass is 35.5. The number of nitrogens with two attached hydrogens (primary N) is 1. The van der Waals surface area contributed by atoms with Crippen LogP contribution in [-0.4, -0.2) is 62.6 Å². The van der Waals surface area contributed by atoms with Crippen molar-refractivity contribution in [2.45, 2.75) is 30.7 Å². The molecular weight excluding hydrogens is 396 g/mol. The van der Waals surface area contributed by atoms with Crippen LogP contribution >= 0.6 is 12.4 Å². The number of carbonyl (C=O) groups excluding carboxylic acids is 1. The molecule has 1 aliphatic rings. The number of hydrogen-bond donors (Lipinski definition) is 1. The maximum atomic E-state index is 12.2. The second-order valence-corrected chi connectivity index (χ2v) is 8.58. The fourth-order valence-electron chi connectivity index (χ4n) is 2.85. The molecule has 0 aliphatic carbocycles. The van der Waals surface area contributed by atoms with Crippen molar-refractivity contribution in [2.75, 3.05) is 37.3 Å². The molecule has 11 heteroatoms. The molecule has 9 nitrogen and oxygen atoms in total. The van der Waals surface area contributed by atoms with E-state index in [1.165, 1.54) is 12.1 Å². The fraction of sp³-hybridized carbons (Fsp3) is 0.562. The Kier molecular flexibility index (Phi) is 8.00. The second kappa shape index (κ2) is 9.34. The molecule has 0 bridgehead atoms. The first-order valence-corrected chi connectivity index (χ1v) is 10.3. The minimum absolute atomic E-state index is 0. The van der Waals surface area contributed by atoms with Crippen molar-refractivity contribution in [3.8, 4) is 0 Å². The molecule has 1 fully saturated rings. The summed E-state index contributed by atoms with van der Waals surface area (Å²) in [7, 11) is -3.53. The average Bonchev–Trinajstić information content (AvgIpc) is 2.58. The molecule has 2 rings (SSSR count). The molecule has 1 unspecified atom stereocenters. The third kappa shape index (κ3) is 6.05. The highest BCUT2D eigenvalue weighted by Crippen LogP contribution is 2.31. The lowest BCUT2D eigenvalue weighted by Gasteiger charge is -2.36. The summed E-state index contributed by atoms with van der Waals surface area (Å²) in [5.41, 5.74) is 5.79. The van der Waals surface area contributed by atoms with Gasteiger partial charge in [-0.05, 0) is 25.5 Å². The van der Waals surface area contributed by atoms with Crippen molar-refractivity contribution in [1.29, 1.82) is 0 Å². The summed E-state index contributed by atoms with van der Waals surface area (Å²) in [6, 6.07) is 3.89. The molecule has 0 radical (unpaired) electrons. The highest BCUT2D eigenvalue weighted by Gasteiger charge is 2.27. The van der Waals surface area contributed by atoms with Gasteiger partial charge in [0.15, 0.2) is 9.84 Å². The van der Waals surface area contributed by atoms with Crippen LogP contribution in [0.4, 0.5) is 11.4 Å². The van der Waals surface area contributed by atoms with E-state index in [9.17, 15) is 23.3 Å².